The molecule has 1 aliphatic heterocycles. The van der Waals surface area contributed by atoms with Crippen molar-refractivity contribution in [2.24, 2.45) is 7.05 Å². The summed E-state index contributed by atoms with van der Waals surface area (Å²) in [6, 6.07) is 4.00. The first kappa shape index (κ1) is 14.4. The zero-order valence-corrected chi connectivity index (χ0v) is 11.7. The lowest BCUT2D eigenvalue weighted by molar-refractivity contribution is -0.391. The highest BCUT2D eigenvalue weighted by molar-refractivity contribution is 6.34. The van der Waals surface area contributed by atoms with Gasteiger partial charge < -0.3 is 15.4 Å². The van der Waals surface area contributed by atoms with Crippen LogP contribution in [0.4, 0.5) is 17.2 Å². The summed E-state index contributed by atoms with van der Waals surface area (Å²) in [6.45, 7) is 0. The van der Waals surface area contributed by atoms with Crippen molar-refractivity contribution in [3.8, 4) is 0 Å². The van der Waals surface area contributed by atoms with Gasteiger partial charge >= 0.3 is 5.82 Å². The molecule has 10 heteroatoms. The zero-order chi connectivity index (χ0) is 16.7. The number of hydrogen-bond acceptors (Lipinski definition) is 6. The van der Waals surface area contributed by atoms with Crippen LogP contribution in [0.25, 0.3) is 11.6 Å². The number of imidazole rings is 1. The van der Waals surface area contributed by atoms with Gasteiger partial charge in [0.25, 0.3) is 11.6 Å². The van der Waals surface area contributed by atoms with Crippen molar-refractivity contribution in [2.45, 2.75) is 0 Å². The van der Waals surface area contributed by atoms with Gasteiger partial charge in [0.05, 0.1) is 17.5 Å². The van der Waals surface area contributed by atoms with E-state index in [0.29, 0.717) is 11.3 Å². The minimum atomic E-state index is -0.595. The van der Waals surface area contributed by atoms with E-state index in [-0.39, 0.29) is 22.9 Å². The molecular formula is C13H9N5O5. The number of nitro benzene ring substituents is 1. The van der Waals surface area contributed by atoms with Gasteiger partial charge in [-0.1, -0.05) is 0 Å². The van der Waals surface area contributed by atoms with Crippen molar-refractivity contribution in [3.05, 3.63) is 56.0 Å². The molecule has 0 atom stereocenters. The van der Waals surface area contributed by atoms with Crippen LogP contribution in [0, 0.1) is 20.2 Å². The fourth-order valence-corrected chi connectivity index (χ4v) is 2.28. The fourth-order valence-electron chi connectivity index (χ4n) is 2.28. The Hall–Kier alpha value is -3.56. The van der Waals surface area contributed by atoms with E-state index in [9.17, 15) is 25.0 Å². The van der Waals surface area contributed by atoms with Gasteiger partial charge in [-0.25, -0.2) is 9.55 Å². The summed E-state index contributed by atoms with van der Waals surface area (Å²) in [5.41, 5.74) is 0.801. The predicted octanol–water partition coefficient (Wildman–Crippen LogP) is 1.73. The van der Waals surface area contributed by atoms with E-state index in [4.69, 9.17) is 0 Å². The Labute approximate surface area is 128 Å². The van der Waals surface area contributed by atoms with Gasteiger partial charge in [0.15, 0.2) is 0 Å². The molecular weight excluding hydrogens is 306 g/mol. The number of fused-ring (bicyclic) bond motifs is 1. The monoisotopic (exact) mass is 315 g/mol. The Morgan fingerprint density at radius 3 is 2.61 bits per heavy atom. The normalized spacial score (nSPS) is 14.7. The summed E-state index contributed by atoms with van der Waals surface area (Å²) in [5.74, 6) is -0.484. The lowest BCUT2D eigenvalue weighted by Crippen LogP contribution is -2.04. The molecule has 1 amide bonds. The highest BCUT2D eigenvalue weighted by Crippen LogP contribution is 2.35. The maximum atomic E-state index is 12.0. The number of hydrogen-bond donors (Lipinski definition) is 1. The van der Waals surface area contributed by atoms with Gasteiger partial charge in [0.2, 0.25) is 5.82 Å². The van der Waals surface area contributed by atoms with Crippen molar-refractivity contribution in [2.75, 3.05) is 5.32 Å². The van der Waals surface area contributed by atoms with Gasteiger partial charge in [-0.15, -0.1) is 0 Å². The Morgan fingerprint density at radius 2 is 2.00 bits per heavy atom. The first-order valence-corrected chi connectivity index (χ1v) is 6.36. The number of rotatable bonds is 3. The molecule has 2 heterocycles. The van der Waals surface area contributed by atoms with Gasteiger partial charge in [-0.2, -0.15) is 0 Å². The van der Waals surface area contributed by atoms with E-state index >= 15 is 0 Å². The SMILES string of the molecule is Cn1c([N+](=O)[O-])cnc1/C=C1/C(=O)Nc2ccc([N+](=O)[O-])cc21. The maximum Gasteiger partial charge on any atom is 0.342 e. The smallest absolute Gasteiger partial charge is 0.342 e. The zero-order valence-electron chi connectivity index (χ0n) is 11.7. The van der Waals surface area contributed by atoms with Gasteiger partial charge in [-0.05, 0) is 11.0 Å². The lowest BCUT2D eigenvalue weighted by atomic mass is 10.1. The van der Waals surface area contributed by atoms with Crippen LogP contribution in [0.1, 0.15) is 11.4 Å². The number of carbonyl (C=O) groups is 1. The molecule has 10 nitrogen and oxygen atoms in total. The first-order chi connectivity index (χ1) is 10.9. The lowest BCUT2D eigenvalue weighted by Gasteiger charge is -1.98. The number of nitro groups is 2. The molecule has 116 valence electrons. The van der Waals surface area contributed by atoms with Crippen molar-refractivity contribution in [1.29, 1.82) is 0 Å². The second-order valence-corrected chi connectivity index (χ2v) is 4.79. The maximum absolute atomic E-state index is 12.0. The van der Waals surface area contributed by atoms with Crippen molar-refractivity contribution >= 4 is 34.7 Å². The van der Waals surface area contributed by atoms with E-state index < -0.39 is 15.8 Å². The molecule has 0 unspecified atom stereocenters. The quantitative estimate of drug-likeness (QED) is 0.521. The minimum Gasteiger partial charge on any atom is -0.358 e. The van der Waals surface area contributed by atoms with Crippen LogP contribution in [0.2, 0.25) is 0 Å². The number of amides is 1. The van der Waals surface area contributed by atoms with Crippen molar-refractivity contribution in [3.63, 3.8) is 0 Å². The van der Waals surface area contributed by atoms with Crippen LogP contribution >= 0.6 is 0 Å². The van der Waals surface area contributed by atoms with E-state index in [1.165, 1.54) is 35.9 Å². The highest BCUT2D eigenvalue weighted by Gasteiger charge is 2.28. The number of nitrogens with one attached hydrogen (secondary N) is 1. The summed E-state index contributed by atoms with van der Waals surface area (Å²) in [5, 5.41) is 24.3. The van der Waals surface area contributed by atoms with Crippen LogP contribution in [-0.2, 0) is 11.8 Å². The molecule has 1 aromatic heterocycles. The number of nitrogens with zero attached hydrogens (tertiary/aromatic N) is 4. The average Bonchev–Trinajstić information content (AvgIpc) is 3.00. The first-order valence-electron chi connectivity index (χ1n) is 6.36. The third-order valence-electron chi connectivity index (χ3n) is 3.46. The Morgan fingerprint density at radius 1 is 1.26 bits per heavy atom. The molecule has 0 fully saturated rings. The number of anilines is 1. The van der Waals surface area contributed by atoms with E-state index in [1.54, 1.807) is 0 Å². The molecule has 3 rings (SSSR count). The van der Waals surface area contributed by atoms with Gasteiger partial charge in [0.1, 0.15) is 6.20 Å². The molecule has 23 heavy (non-hydrogen) atoms. The molecule has 1 aromatic carbocycles. The summed E-state index contributed by atoms with van der Waals surface area (Å²) in [4.78, 5) is 36.5. The summed E-state index contributed by atoms with van der Waals surface area (Å²) in [7, 11) is 1.44. The number of non-ortho nitro benzene ring substituents is 1. The Kier molecular flexibility index (Phi) is 3.14. The third-order valence-corrected chi connectivity index (χ3v) is 3.46. The number of carbonyl (C=O) groups excluding carboxylic acids is 1. The molecule has 0 aliphatic carbocycles. The molecule has 0 spiro atoms. The van der Waals surface area contributed by atoms with Crippen LogP contribution in [0.5, 0.6) is 0 Å². The van der Waals surface area contributed by atoms with Gasteiger partial charge in [-0.3, -0.25) is 14.9 Å². The number of aromatic nitrogens is 2. The van der Waals surface area contributed by atoms with E-state index in [1.807, 2.05) is 0 Å². The fraction of sp³-hybridized carbons (Fsp3) is 0.0769. The van der Waals surface area contributed by atoms with Crippen molar-refractivity contribution in [1.82, 2.24) is 9.55 Å². The Bertz CT molecular complexity index is 898. The summed E-state index contributed by atoms with van der Waals surface area (Å²) < 4.78 is 1.22. The van der Waals surface area contributed by atoms with Gasteiger partial charge in [0, 0.05) is 29.5 Å². The topological polar surface area (TPSA) is 133 Å². The van der Waals surface area contributed by atoms with Crippen LogP contribution in [-0.4, -0.2) is 25.3 Å². The standard InChI is InChI=1S/C13H9N5O5/c1-16-11(14-6-12(16)18(22)23)5-9-8-4-7(17(20)21)2-3-10(8)15-13(9)19/h2-6H,1H3,(H,15,19)/b9-5+. The van der Waals surface area contributed by atoms with Crippen LogP contribution < -0.4 is 5.32 Å². The molecule has 0 saturated heterocycles. The summed E-state index contributed by atoms with van der Waals surface area (Å²) in [6.07, 6.45) is 2.44. The van der Waals surface area contributed by atoms with E-state index in [2.05, 4.69) is 10.3 Å². The highest BCUT2D eigenvalue weighted by atomic mass is 16.6. The van der Waals surface area contributed by atoms with Crippen LogP contribution in [0.3, 0.4) is 0 Å². The molecule has 1 aliphatic rings. The van der Waals surface area contributed by atoms with Crippen LogP contribution in [0.15, 0.2) is 24.4 Å². The molecule has 0 saturated carbocycles. The molecule has 0 bridgehead atoms. The molecule has 0 radical (unpaired) electrons. The third kappa shape index (κ3) is 2.31. The minimum absolute atomic E-state index is 0.156. The number of benzene rings is 1. The second-order valence-electron chi connectivity index (χ2n) is 4.79. The Balaban J connectivity index is 2.11. The molecule has 2 aromatic rings. The largest absolute Gasteiger partial charge is 0.358 e. The average molecular weight is 315 g/mol. The second kappa shape index (κ2) is 5.02. The van der Waals surface area contributed by atoms with Crippen molar-refractivity contribution < 1.29 is 14.6 Å². The summed E-state index contributed by atoms with van der Waals surface area (Å²) >= 11 is 0. The van der Waals surface area contributed by atoms with E-state index in [0.717, 1.165) is 6.20 Å². The molecule has 1 N–H and O–H groups in total. The predicted molar refractivity (Wildman–Crippen MR) is 79.5 cm³/mol.